The number of aromatic nitrogens is 3. The number of imidazole rings is 1. The number of nitrogens with one attached hydrogen (secondary N) is 1. The number of halogens is 1. The topological polar surface area (TPSA) is 92.1 Å². The van der Waals surface area contributed by atoms with Crippen molar-refractivity contribution in [2.24, 2.45) is 0 Å². The highest BCUT2D eigenvalue weighted by atomic mass is 19.1. The van der Waals surface area contributed by atoms with Crippen molar-refractivity contribution in [3.63, 3.8) is 0 Å². The van der Waals surface area contributed by atoms with Crippen molar-refractivity contribution in [1.82, 2.24) is 24.2 Å². The van der Waals surface area contributed by atoms with E-state index in [0.717, 1.165) is 12.8 Å². The third-order valence-electron chi connectivity index (χ3n) is 6.12. The Balaban J connectivity index is 1.27. The largest absolute Gasteiger partial charge is 0.368 e. The number of hydrogen-bond acceptors (Lipinski definition) is 6. The molecule has 1 unspecified atom stereocenters. The molecule has 0 radical (unpaired) electrons. The van der Waals surface area contributed by atoms with Gasteiger partial charge in [0.1, 0.15) is 23.4 Å². The molecule has 2 fully saturated rings. The van der Waals surface area contributed by atoms with E-state index in [-0.39, 0.29) is 24.5 Å². The first-order chi connectivity index (χ1) is 16.1. The average molecular weight is 452 g/mol. The minimum absolute atomic E-state index is 0.0200. The molecule has 10 heteroatoms. The lowest BCUT2D eigenvalue weighted by atomic mass is 10.1. The maximum absolute atomic E-state index is 14.5. The highest BCUT2D eigenvalue weighted by Gasteiger charge is 2.31. The Bertz CT molecular complexity index is 1170. The van der Waals surface area contributed by atoms with Gasteiger partial charge in [-0.3, -0.25) is 19.0 Å². The van der Waals surface area contributed by atoms with E-state index in [1.165, 1.54) is 6.07 Å². The minimum Gasteiger partial charge on any atom is -0.368 e. The van der Waals surface area contributed by atoms with Crippen molar-refractivity contribution in [1.29, 1.82) is 0 Å². The Kier molecular flexibility index (Phi) is 5.91. The molecule has 1 N–H and O–H groups in total. The second-order valence-corrected chi connectivity index (χ2v) is 8.15. The number of carbonyl (C=O) groups is 2. The van der Waals surface area contributed by atoms with Crippen LogP contribution in [0, 0.1) is 5.82 Å². The van der Waals surface area contributed by atoms with Crippen molar-refractivity contribution in [3.05, 3.63) is 48.7 Å². The molecule has 4 heterocycles. The van der Waals surface area contributed by atoms with Crippen LogP contribution in [-0.4, -0.2) is 81.4 Å². The predicted octanol–water partition coefficient (Wildman–Crippen LogP) is 1.80. The molecule has 9 nitrogen and oxygen atoms in total. The fraction of sp³-hybridized carbons (Fsp3) is 0.391. The van der Waals surface area contributed by atoms with Crippen LogP contribution < -0.4 is 5.32 Å². The maximum atomic E-state index is 14.5. The predicted molar refractivity (Wildman–Crippen MR) is 119 cm³/mol. The lowest BCUT2D eigenvalue weighted by Gasteiger charge is -2.35. The van der Waals surface area contributed by atoms with Gasteiger partial charge in [-0.05, 0) is 25.0 Å². The van der Waals surface area contributed by atoms with E-state index in [4.69, 9.17) is 4.74 Å². The Hall–Kier alpha value is -3.53. The molecular weight excluding hydrogens is 427 g/mol. The van der Waals surface area contributed by atoms with Gasteiger partial charge in [-0.2, -0.15) is 0 Å². The summed E-state index contributed by atoms with van der Waals surface area (Å²) in [5, 5.41) is 3.15. The zero-order chi connectivity index (χ0) is 22.8. The second kappa shape index (κ2) is 9.14. The molecule has 2 aromatic heterocycles. The summed E-state index contributed by atoms with van der Waals surface area (Å²) in [6.45, 7) is 2.58. The first-order valence-corrected chi connectivity index (χ1v) is 11.1. The Morgan fingerprint density at radius 3 is 2.70 bits per heavy atom. The number of hydrogen-bond donors (Lipinski definition) is 1. The molecule has 2 aliphatic rings. The van der Waals surface area contributed by atoms with Gasteiger partial charge in [0.2, 0.25) is 5.91 Å². The van der Waals surface area contributed by atoms with E-state index < -0.39 is 5.82 Å². The number of ether oxygens (including phenoxy) is 1. The molecule has 0 aliphatic carbocycles. The van der Waals surface area contributed by atoms with Gasteiger partial charge < -0.3 is 19.9 Å². The van der Waals surface area contributed by atoms with Crippen LogP contribution in [0.4, 0.5) is 10.2 Å². The minimum atomic E-state index is -0.393. The number of piperazine rings is 1. The molecule has 33 heavy (non-hydrogen) atoms. The number of rotatable bonds is 5. The average Bonchev–Trinajstić information content (AvgIpc) is 3.51. The zero-order valence-corrected chi connectivity index (χ0v) is 18.1. The molecule has 2 aliphatic heterocycles. The molecule has 2 amide bonds. The van der Waals surface area contributed by atoms with Gasteiger partial charge in [0.25, 0.3) is 5.91 Å². The highest BCUT2D eigenvalue weighted by Crippen LogP contribution is 2.30. The number of fused-ring (bicyclic) bond motifs is 1. The Morgan fingerprint density at radius 1 is 1.15 bits per heavy atom. The number of carbonyl (C=O) groups excluding carboxylic acids is 2. The first-order valence-electron chi connectivity index (χ1n) is 11.1. The van der Waals surface area contributed by atoms with Gasteiger partial charge >= 0.3 is 0 Å². The van der Waals surface area contributed by atoms with Crippen LogP contribution in [0.15, 0.2) is 42.9 Å². The molecule has 0 bridgehead atoms. The molecule has 172 valence electrons. The van der Waals surface area contributed by atoms with Crippen LogP contribution >= 0.6 is 0 Å². The van der Waals surface area contributed by atoms with E-state index in [9.17, 15) is 14.0 Å². The summed E-state index contributed by atoms with van der Waals surface area (Å²) in [6, 6.07) is 6.40. The fourth-order valence-corrected chi connectivity index (χ4v) is 4.34. The van der Waals surface area contributed by atoms with E-state index >= 15 is 0 Å². The smallest absolute Gasteiger partial charge is 0.251 e. The third kappa shape index (κ3) is 4.25. The Labute approximate surface area is 190 Å². The van der Waals surface area contributed by atoms with Gasteiger partial charge in [-0.25, -0.2) is 9.37 Å². The molecule has 3 aromatic rings. The van der Waals surface area contributed by atoms with Crippen molar-refractivity contribution in [2.45, 2.75) is 18.9 Å². The van der Waals surface area contributed by atoms with Crippen LogP contribution in [0.1, 0.15) is 12.8 Å². The van der Waals surface area contributed by atoms with Gasteiger partial charge in [0.15, 0.2) is 5.65 Å². The van der Waals surface area contributed by atoms with Crippen molar-refractivity contribution in [2.75, 3.05) is 44.6 Å². The number of benzene rings is 1. The summed E-state index contributed by atoms with van der Waals surface area (Å²) in [7, 11) is 0. The summed E-state index contributed by atoms with van der Waals surface area (Å²) in [5.41, 5.74) is 1.31. The van der Waals surface area contributed by atoms with E-state index in [2.05, 4.69) is 15.3 Å². The van der Waals surface area contributed by atoms with Crippen LogP contribution in [0.25, 0.3) is 16.9 Å². The molecule has 1 atom stereocenters. The van der Waals surface area contributed by atoms with Gasteiger partial charge in [-0.1, -0.05) is 12.1 Å². The van der Waals surface area contributed by atoms with E-state index in [1.54, 1.807) is 51.0 Å². The van der Waals surface area contributed by atoms with Gasteiger partial charge in [-0.15, -0.1) is 0 Å². The Morgan fingerprint density at radius 2 is 1.94 bits per heavy atom. The molecular formula is C23H25FN6O3. The monoisotopic (exact) mass is 452 g/mol. The SMILES string of the molecule is O=C(CNc1c(-c2ccccc2F)nc2cnccn12)N1CCN(C(=O)C2CCCO2)CC1. The molecule has 2 saturated heterocycles. The van der Waals surface area contributed by atoms with E-state index in [0.29, 0.717) is 55.5 Å². The number of nitrogens with zero attached hydrogens (tertiary/aromatic N) is 5. The highest BCUT2D eigenvalue weighted by molar-refractivity contribution is 5.85. The second-order valence-electron chi connectivity index (χ2n) is 8.15. The molecule has 5 rings (SSSR count). The fourth-order valence-electron chi connectivity index (χ4n) is 4.34. The normalized spacial score (nSPS) is 18.6. The van der Waals surface area contributed by atoms with Gasteiger partial charge in [0, 0.05) is 50.7 Å². The zero-order valence-electron chi connectivity index (χ0n) is 18.1. The summed E-state index contributed by atoms with van der Waals surface area (Å²) in [4.78, 5) is 37.5. The standard InChI is InChI=1S/C23H25FN6O3/c24-17-5-2-1-4-16(17)21-22(30-8-7-25-14-19(30)27-21)26-15-20(31)28-9-11-29(12-10-28)23(32)18-6-3-13-33-18/h1-2,4-5,7-8,14,18,26H,3,6,9-13,15H2. The van der Waals surface area contributed by atoms with Crippen molar-refractivity contribution in [3.8, 4) is 11.3 Å². The lowest BCUT2D eigenvalue weighted by Crippen LogP contribution is -2.53. The summed E-state index contributed by atoms with van der Waals surface area (Å²) in [5.74, 6) is 0.0580. The summed E-state index contributed by atoms with van der Waals surface area (Å²) >= 11 is 0. The van der Waals surface area contributed by atoms with Crippen molar-refractivity contribution < 1.29 is 18.7 Å². The molecule has 0 saturated carbocycles. The quantitative estimate of drug-likeness (QED) is 0.635. The summed E-state index contributed by atoms with van der Waals surface area (Å²) in [6.07, 6.45) is 6.25. The number of amides is 2. The summed E-state index contributed by atoms with van der Waals surface area (Å²) < 4.78 is 21.7. The first kappa shape index (κ1) is 21.3. The van der Waals surface area contributed by atoms with Crippen LogP contribution in [0.2, 0.25) is 0 Å². The molecule has 1 aromatic carbocycles. The third-order valence-corrected chi connectivity index (χ3v) is 6.12. The van der Waals surface area contributed by atoms with Crippen LogP contribution in [0.3, 0.4) is 0 Å². The van der Waals surface area contributed by atoms with Crippen molar-refractivity contribution >= 4 is 23.3 Å². The van der Waals surface area contributed by atoms with E-state index in [1.807, 2.05) is 0 Å². The maximum Gasteiger partial charge on any atom is 0.251 e. The van der Waals surface area contributed by atoms with Crippen LogP contribution in [0.5, 0.6) is 0 Å². The number of anilines is 1. The van der Waals surface area contributed by atoms with Gasteiger partial charge in [0.05, 0.1) is 12.7 Å². The molecule has 0 spiro atoms. The lowest BCUT2D eigenvalue weighted by molar-refractivity contribution is -0.145. The van der Waals surface area contributed by atoms with Crippen LogP contribution in [-0.2, 0) is 14.3 Å².